The number of hydrogen-bond acceptors (Lipinski definition) is 8. The van der Waals surface area contributed by atoms with E-state index in [9.17, 15) is 27.6 Å². The van der Waals surface area contributed by atoms with Gasteiger partial charge in [0.1, 0.15) is 29.0 Å². The summed E-state index contributed by atoms with van der Waals surface area (Å²) in [6.07, 6.45) is 8.96. The third-order valence-electron chi connectivity index (χ3n) is 12.5. The number of hydrogen-bond donors (Lipinski definition) is 3. The molecule has 4 fully saturated rings. The van der Waals surface area contributed by atoms with Crippen molar-refractivity contribution < 1.29 is 37.1 Å². The molecule has 7 rings (SSSR count). The Morgan fingerprint density at radius 3 is 2.26 bits per heavy atom. The molecule has 3 aliphatic carbocycles. The van der Waals surface area contributed by atoms with Crippen LogP contribution >= 0.6 is 0 Å². The minimum absolute atomic E-state index is 0.0265. The molecule has 13 heteroatoms. The summed E-state index contributed by atoms with van der Waals surface area (Å²) >= 11 is 0. The molecule has 1 saturated heterocycles. The van der Waals surface area contributed by atoms with Crippen molar-refractivity contribution in [3.05, 3.63) is 41.5 Å². The van der Waals surface area contributed by atoms with E-state index in [2.05, 4.69) is 27.5 Å². The molecule has 3 N–H and O–H groups in total. The lowest BCUT2D eigenvalue weighted by Crippen LogP contribution is -2.60. The highest BCUT2D eigenvalue weighted by molar-refractivity contribution is 7.91. The van der Waals surface area contributed by atoms with E-state index in [1.165, 1.54) is 4.90 Å². The molecule has 4 amide bonds. The zero-order chi connectivity index (χ0) is 38.6. The normalized spacial score (nSPS) is 29.6. The smallest absolute Gasteiger partial charge is 0.259 e. The lowest BCUT2D eigenvalue weighted by molar-refractivity contribution is -0.145. The minimum Gasteiger partial charge on any atom is -0.496 e. The third-order valence-corrected chi connectivity index (χ3v) is 14.3. The number of nitrogens with zero attached hydrogens (tertiary/aromatic N) is 1. The number of carbonyl (C=O) groups is 4. The molecule has 0 aromatic heterocycles. The number of aryl methyl sites for hydroxylation is 1. The Morgan fingerprint density at radius 2 is 1.61 bits per heavy atom. The maximum Gasteiger partial charge on any atom is 0.259 e. The second kappa shape index (κ2) is 14.4. The molecule has 2 heterocycles. The summed E-state index contributed by atoms with van der Waals surface area (Å²) in [4.78, 5) is 58.3. The van der Waals surface area contributed by atoms with Gasteiger partial charge in [-0.25, -0.2) is 8.42 Å². The van der Waals surface area contributed by atoms with E-state index >= 15 is 0 Å². The first-order valence-electron chi connectivity index (χ1n) is 19.7. The van der Waals surface area contributed by atoms with Crippen LogP contribution in [-0.2, 0) is 46.0 Å². The summed E-state index contributed by atoms with van der Waals surface area (Å²) in [5.41, 5.74) is -1.29. The molecule has 5 bridgehead atoms. The molecule has 0 spiro atoms. The highest BCUT2D eigenvalue weighted by Gasteiger charge is 2.67. The van der Waals surface area contributed by atoms with Crippen molar-refractivity contribution in [2.45, 2.75) is 133 Å². The van der Waals surface area contributed by atoms with Crippen molar-refractivity contribution >= 4 is 44.4 Å². The van der Waals surface area contributed by atoms with Crippen molar-refractivity contribution in [1.82, 2.24) is 20.3 Å². The largest absolute Gasteiger partial charge is 0.496 e. The van der Waals surface area contributed by atoms with Crippen LogP contribution in [0.25, 0.3) is 10.8 Å². The molecule has 5 aliphatic rings. The second-order valence-corrected chi connectivity index (χ2v) is 19.5. The number of amides is 4. The Labute approximate surface area is 318 Å². The van der Waals surface area contributed by atoms with Gasteiger partial charge in [0.15, 0.2) is 0 Å². The Bertz CT molecular complexity index is 1940. The highest BCUT2D eigenvalue weighted by atomic mass is 32.2. The van der Waals surface area contributed by atoms with Crippen LogP contribution in [0, 0.1) is 17.3 Å². The summed E-state index contributed by atoms with van der Waals surface area (Å²) in [5.74, 6) is -1.02. The zero-order valence-corrected chi connectivity index (χ0v) is 33.1. The van der Waals surface area contributed by atoms with Gasteiger partial charge in [-0.3, -0.25) is 23.9 Å². The third kappa shape index (κ3) is 7.59. The summed E-state index contributed by atoms with van der Waals surface area (Å²) < 4.78 is 40.2. The maximum absolute atomic E-state index is 14.9. The van der Waals surface area contributed by atoms with Gasteiger partial charge in [-0.05, 0) is 109 Å². The fraction of sp³-hybridized carbons (Fsp3) is 0.659. The van der Waals surface area contributed by atoms with Crippen LogP contribution in [0.4, 0.5) is 0 Å². The van der Waals surface area contributed by atoms with Crippen molar-refractivity contribution in [3.8, 4) is 5.75 Å². The van der Waals surface area contributed by atoms with Crippen LogP contribution in [-0.4, -0.2) is 80.6 Å². The van der Waals surface area contributed by atoms with E-state index < -0.39 is 61.6 Å². The fourth-order valence-electron chi connectivity index (χ4n) is 8.79. The molecule has 0 unspecified atom stereocenters. The lowest BCUT2D eigenvalue weighted by Gasteiger charge is -2.36. The molecular formula is C41H56N4O8S. The monoisotopic (exact) mass is 764 g/mol. The molecule has 2 aromatic rings. The Kier molecular flexibility index (Phi) is 10.3. The topological polar surface area (TPSA) is 160 Å². The molecule has 2 aliphatic heterocycles. The number of nitrogens with one attached hydrogen (secondary N) is 3. The molecule has 2 aromatic carbocycles. The Balaban J connectivity index is 1.27. The average molecular weight is 765 g/mol. The van der Waals surface area contributed by atoms with Gasteiger partial charge >= 0.3 is 0 Å². The van der Waals surface area contributed by atoms with Crippen LogP contribution in [0.1, 0.15) is 109 Å². The second-order valence-electron chi connectivity index (χ2n) is 17.5. The van der Waals surface area contributed by atoms with Crippen LogP contribution < -0.4 is 20.1 Å². The van der Waals surface area contributed by atoms with E-state index in [0.717, 1.165) is 72.6 Å². The first-order valence-corrected chi connectivity index (χ1v) is 21.3. The molecule has 3 saturated carbocycles. The van der Waals surface area contributed by atoms with Crippen molar-refractivity contribution in [2.24, 2.45) is 17.3 Å². The van der Waals surface area contributed by atoms with Crippen LogP contribution in [0.2, 0.25) is 0 Å². The predicted molar refractivity (Wildman–Crippen MR) is 204 cm³/mol. The average Bonchev–Trinajstić information content (AvgIpc) is 4.00. The van der Waals surface area contributed by atoms with E-state index in [4.69, 9.17) is 9.47 Å². The number of rotatable bonds is 8. The number of carbonyl (C=O) groups excluding carboxylic acids is 4. The van der Waals surface area contributed by atoms with Crippen LogP contribution in [0.5, 0.6) is 5.75 Å². The van der Waals surface area contributed by atoms with Gasteiger partial charge in [0.2, 0.25) is 27.7 Å². The molecule has 0 radical (unpaired) electrons. The van der Waals surface area contributed by atoms with Gasteiger partial charge in [-0.1, -0.05) is 52.2 Å². The van der Waals surface area contributed by atoms with Gasteiger partial charge in [0, 0.05) is 20.0 Å². The summed E-state index contributed by atoms with van der Waals surface area (Å²) in [7, 11) is -0.594. The number of ether oxygens (including phenoxy) is 2. The molecule has 54 heavy (non-hydrogen) atoms. The quantitative estimate of drug-likeness (QED) is 0.352. The summed E-state index contributed by atoms with van der Waals surface area (Å²) in [6.45, 7) is 5.69. The SMILES string of the molecule is COc1cc2ccc3cc2cc1CCCCCCCC(=O)N[C@@H](C(C)(C)C)C(=O)N1C[C@@]3(OC)C[C@H]1C(=O)N[C@]1(C(=O)NS(=O)(=O)C2CC2)C[C@H]1C1CC1. The first kappa shape index (κ1) is 38.6. The number of benzene rings is 2. The van der Waals surface area contributed by atoms with E-state index in [1.807, 2.05) is 39.0 Å². The fourth-order valence-corrected chi connectivity index (χ4v) is 10.2. The molecule has 294 valence electrons. The van der Waals surface area contributed by atoms with E-state index in [-0.39, 0.29) is 37.1 Å². The first-order chi connectivity index (χ1) is 25.6. The highest BCUT2D eigenvalue weighted by Crippen LogP contribution is 2.57. The van der Waals surface area contributed by atoms with Gasteiger partial charge < -0.3 is 25.0 Å². The Morgan fingerprint density at radius 1 is 0.907 bits per heavy atom. The van der Waals surface area contributed by atoms with Crippen molar-refractivity contribution in [2.75, 3.05) is 20.8 Å². The van der Waals surface area contributed by atoms with Crippen LogP contribution in [0.15, 0.2) is 30.3 Å². The number of fused-ring (bicyclic) bond motifs is 5. The summed E-state index contributed by atoms with van der Waals surface area (Å²) in [6, 6.07) is 8.20. The van der Waals surface area contributed by atoms with Gasteiger partial charge in [0.05, 0.1) is 18.9 Å². The zero-order valence-electron chi connectivity index (χ0n) is 32.3. The van der Waals surface area contributed by atoms with Gasteiger partial charge in [-0.2, -0.15) is 0 Å². The van der Waals surface area contributed by atoms with Crippen molar-refractivity contribution in [3.63, 3.8) is 0 Å². The maximum atomic E-state index is 14.9. The molecule has 5 atom stereocenters. The molecule has 12 nitrogen and oxygen atoms in total. The van der Waals surface area contributed by atoms with Gasteiger partial charge in [-0.15, -0.1) is 0 Å². The number of sulfonamides is 1. The molecular weight excluding hydrogens is 709 g/mol. The van der Waals surface area contributed by atoms with Crippen molar-refractivity contribution in [1.29, 1.82) is 0 Å². The van der Waals surface area contributed by atoms with Gasteiger partial charge in [0.25, 0.3) is 5.91 Å². The number of methoxy groups -OCH3 is 2. The predicted octanol–water partition coefficient (Wildman–Crippen LogP) is 4.61. The standard InChI is InChI=1S/C41H56N4O8S/c1-39(2,3)35-37(48)45-24-40(53-5,23-32(45)36(47)43-41(22-31(41)25-13-14-25)38(49)44-54(50,51)30-17-18-30)29-16-15-26-21-33(52-4)27(19-28(26)20-29)11-9-7-6-8-10-12-34(46)42-35/h15-16,19-21,25,30-32,35H,6-14,17-18,22-24H2,1-5H3,(H,42,46)(H,43,47)(H,44,49)/t31-,32-,35+,40-,41+/m0/s1. The lowest BCUT2D eigenvalue weighted by atomic mass is 9.85. The summed E-state index contributed by atoms with van der Waals surface area (Å²) in [5, 5.41) is 7.41. The van der Waals surface area contributed by atoms with Crippen LogP contribution in [0.3, 0.4) is 0 Å². The van der Waals surface area contributed by atoms with E-state index in [0.29, 0.717) is 25.7 Å². The van der Waals surface area contributed by atoms with E-state index in [1.54, 1.807) is 14.2 Å². The minimum atomic E-state index is -3.85. The Hall–Kier alpha value is -3.71.